The second-order valence-electron chi connectivity index (χ2n) is 5.06. The van der Waals surface area contributed by atoms with Crippen LogP contribution in [0.4, 0.5) is 5.69 Å². The van der Waals surface area contributed by atoms with Gasteiger partial charge in [-0.25, -0.2) is 0 Å². The maximum absolute atomic E-state index is 6.15. The lowest BCUT2D eigenvalue weighted by Crippen LogP contribution is -2.21. The minimum atomic E-state index is 0.790. The van der Waals surface area contributed by atoms with Gasteiger partial charge < -0.3 is 10.2 Å². The number of nitrogens with one attached hydrogen (secondary N) is 1. The molecule has 1 N–H and O–H groups in total. The van der Waals surface area contributed by atoms with Gasteiger partial charge in [0.2, 0.25) is 0 Å². The molecule has 2 aromatic rings. The summed E-state index contributed by atoms with van der Waals surface area (Å²) in [6, 6.07) is 8.29. The maximum atomic E-state index is 6.15. The quantitative estimate of drug-likeness (QED) is 0.648. The van der Waals surface area contributed by atoms with E-state index in [4.69, 9.17) is 11.6 Å². The monoisotopic (exact) mass is 386 g/mol. The second-order valence-corrected chi connectivity index (χ2v) is 7.79. The van der Waals surface area contributed by atoms with Crippen molar-refractivity contribution in [2.45, 2.75) is 26.4 Å². The fourth-order valence-corrected chi connectivity index (χ4v) is 3.65. The van der Waals surface area contributed by atoms with Crippen LogP contribution in [0.15, 0.2) is 33.4 Å². The van der Waals surface area contributed by atoms with Crippen LogP contribution in [0, 0.1) is 0 Å². The number of hydrogen-bond donors (Lipinski definition) is 1. The summed E-state index contributed by atoms with van der Waals surface area (Å²) in [6.45, 7) is 4.94. The Morgan fingerprint density at radius 3 is 2.81 bits per heavy atom. The Kier molecular flexibility index (Phi) is 6.55. The Hall–Kier alpha value is -0.550. The zero-order valence-corrected chi connectivity index (χ0v) is 15.5. The van der Waals surface area contributed by atoms with Crippen molar-refractivity contribution in [3.05, 3.63) is 49.6 Å². The van der Waals surface area contributed by atoms with Gasteiger partial charge in [-0.1, -0.05) is 18.5 Å². The lowest BCUT2D eigenvalue weighted by molar-refractivity contribution is 0.674. The molecule has 0 bridgehead atoms. The highest BCUT2D eigenvalue weighted by atomic mass is 79.9. The number of benzene rings is 1. The highest BCUT2D eigenvalue weighted by Gasteiger charge is 2.09. The van der Waals surface area contributed by atoms with Gasteiger partial charge in [0.1, 0.15) is 0 Å². The van der Waals surface area contributed by atoms with Gasteiger partial charge in [-0.05, 0) is 69.7 Å². The molecule has 0 saturated heterocycles. The summed E-state index contributed by atoms with van der Waals surface area (Å²) in [4.78, 5) is 2.27. The van der Waals surface area contributed by atoms with Crippen LogP contribution < -0.4 is 10.2 Å². The van der Waals surface area contributed by atoms with E-state index >= 15 is 0 Å². The summed E-state index contributed by atoms with van der Waals surface area (Å²) in [5, 5.41) is 6.43. The number of halogens is 2. The molecule has 0 spiro atoms. The molecule has 21 heavy (non-hydrogen) atoms. The van der Waals surface area contributed by atoms with E-state index in [2.05, 4.69) is 63.7 Å². The number of anilines is 1. The standard InChI is InChI=1S/C16H20BrClN2S/c1-3-6-19-9-13-8-14(18)4-5-15(13)20(2)10-12-7-16(17)21-11-12/h4-5,7-8,11,19H,3,6,9-10H2,1-2H3. The van der Waals surface area contributed by atoms with E-state index in [1.807, 2.05) is 6.07 Å². The normalized spacial score (nSPS) is 10.9. The Morgan fingerprint density at radius 1 is 1.33 bits per heavy atom. The van der Waals surface area contributed by atoms with Gasteiger partial charge in [0.15, 0.2) is 0 Å². The SMILES string of the molecule is CCCNCc1cc(Cl)ccc1N(C)Cc1csc(Br)c1. The van der Waals surface area contributed by atoms with Crippen molar-refractivity contribution in [1.29, 1.82) is 0 Å². The third kappa shape index (κ3) is 4.99. The lowest BCUT2D eigenvalue weighted by atomic mass is 10.1. The van der Waals surface area contributed by atoms with Crippen molar-refractivity contribution in [2.75, 3.05) is 18.5 Å². The fourth-order valence-electron chi connectivity index (χ4n) is 2.26. The second kappa shape index (κ2) is 8.18. The fraction of sp³-hybridized carbons (Fsp3) is 0.375. The van der Waals surface area contributed by atoms with E-state index < -0.39 is 0 Å². The molecule has 2 nitrogen and oxygen atoms in total. The third-order valence-corrected chi connectivity index (χ3v) is 5.02. The van der Waals surface area contributed by atoms with Crippen molar-refractivity contribution in [2.24, 2.45) is 0 Å². The third-order valence-electron chi connectivity index (χ3n) is 3.24. The first-order valence-electron chi connectivity index (χ1n) is 7.03. The van der Waals surface area contributed by atoms with Crippen LogP contribution in [0.1, 0.15) is 24.5 Å². The van der Waals surface area contributed by atoms with E-state index in [0.29, 0.717) is 0 Å². The lowest BCUT2D eigenvalue weighted by Gasteiger charge is -2.22. The van der Waals surface area contributed by atoms with Gasteiger partial charge in [0.25, 0.3) is 0 Å². The molecule has 1 heterocycles. The van der Waals surface area contributed by atoms with E-state index in [-0.39, 0.29) is 0 Å². The first-order valence-corrected chi connectivity index (χ1v) is 9.08. The highest BCUT2D eigenvalue weighted by molar-refractivity contribution is 9.11. The molecule has 1 aromatic heterocycles. The van der Waals surface area contributed by atoms with Gasteiger partial charge in [0.05, 0.1) is 3.79 Å². The highest BCUT2D eigenvalue weighted by Crippen LogP contribution is 2.27. The van der Waals surface area contributed by atoms with Crippen molar-refractivity contribution in [3.8, 4) is 0 Å². The van der Waals surface area contributed by atoms with Crippen LogP contribution >= 0.6 is 38.9 Å². The number of hydrogen-bond acceptors (Lipinski definition) is 3. The summed E-state index contributed by atoms with van der Waals surface area (Å²) in [5.74, 6) is 0. The van der Waals surface area contributed by atoms with Crippen LogP contribution in [0.5, 0.6) is 0 Å². The predicted molar refractivity (Wildman–Crippen MR) is 97.6 cm³/mol. The number of nitrogens with zero attached hydrogens (tertiary/aromatic N) is 1. The first-order chi connectivity index (χ1) is 10.1. The molecule has 0 aliphatic rings. The molecule has 114 valence electrons. The molecule has 2 rings (SSSR count). The van der Waals surface area contributed by atoms with E-state index in [1.165, 1.54) is 20.6 Å². The summed E-state index contributed by atoms with van der Waals surface area (Å²) >= 11 is 11.4. The average molecular weight is 388 g/mol. The van der Waals surface area contributed by atoms with Crippen LogP contribution in [-0.4, -0.2) is 13.6 Å². The van der Waals surface area contributed by atoms with Gasteiger partial charge in [-0.3, -0.25) is 0 Å². The van der Waals surface area contributed by atoms with Crippen LogP contribution in [0.2, 0.25) is 5.02 Å². The molecule has 0 saturated carbocycles. The maximum Gasteiger partial charge on any atom is 0.0701 e. The smallest absolute Gasteiger partial charge is 0.0701 e. The Morgan fingerprint density at radius 2 is 2.14 bits per heavy atom. The zero-order valence-electron chi connectivity index (χ0n) is 12.3. The predicted octanol–water partition coefficient (Wildman–Crippen LogP) is 5.30. The molecule has 1 aromatic carbocycles. The van der Waals surface area contributed by atoms with Crippen molar-refractivity contribution >= 4 is 44.6 Å². The molecule has 0 unspecified atom stereocenters. The zero-order chi connectivity index (χ0) is 15.2. The largest absolute Gasteiger partial charge is 0.370 e. The summed E-state index contributed by atoms with van der Waals surface area (Å²) in [5.41, 5.74) is 3.79. The Labute approximate surface area is 144 Å². The Bertz CT molecular complexity index is 585. The molecule has 0 radical (unpaired) electrons. The van der Waals surface area contributed by atoms with Gasteiger partial charge in [0, 0.05) is 30.8 Å². The molecule has 0 atom stereocenters. The van der Waals surface area contributed by atoms with Crippen molar-refractivity contribution in [1.82, 2.24) is 5.32 Å². The first kappa shape index (κ1) is 16.8. The van der Waals surface area contributed by atoms with Gasteiger partial charge in [-0.15, -0.1) is 11.3 Å². The summed E-state index contributed by atoms with van der Waals surface area (Å²) in [7, 11) is 2.12. The number of rotatable bonds is 7. The van der Waals surface area contributed by atoms with Crippen molar-refractivity contribution < 1.29 is 0 Å². The molecule has 0 aliphatic carbocycles. The summed E-state index contributed by atoms with van der Waals surface area (Å²) in [6.07, 6.45) is 1.13. The van der Waals surface area contributed by atoms with Crippen LogP contribution in [0.25, 0.3) is 0 Å². The molecular weight excluding hydrogens is 368 g/mol. The summed E-state index contributed by atoms with van der Waals surface area (Å²) < 4.78 is 1.17. The topological polar surface area (TPSA) is 15.3 Å². The van der Waals surface area contributed by atoms with E-state index in [1.54, 1.807) is 11.3 Å². The van der Waals surface area contributed by atoms with Crippen LogP contribution in [0.3, 0.4) is 0 Å². The number of thiophene rings is 1. The van der Waals surface area contributed by atoms with Gasteiger partial charge >= 0.3 is 0 Å². The minimum absolute atomic E-state index is 0.790. The van der Waals surface area contributed by atoms with E-state index in [0.717, 1.165) is 31.1 Å². The molecule has 0 aliphatic heterocycles. The van der Waals surface area contributed by atoms with Gasteiger partial charge in [-0.2, -0.15) is 0 Å². The minimum Gasteiger partial charge on any atom is -0.370 e. The average Bonchev–Trinajstić information content (AvgIpc) is 2.84. The molecule has 5 heteroatoms. The molecular formula is C16H20BrClN2S. The van der Waals surface area contributed by atoms with Crippen LogP contribution in [-0.2, 0) is 13.1 Å². The molecule has 0 fully saturated rings. The van der Waals surface area contributed by atoms with Crippen molar-refractivity contribution in [3.63, 3.8) is 0 Å². The molecule has 0 amide bonds. The van der Waals surface area contributed by atoms with E-state index in [9.17, 15) is 0 Å². The Balaban J connectivity index is 2.12.